The van der Waals surface area contributed by atoms with Gasteiger partial charge in [0, 0.05) is 28.7 Å². The Bertz CT molecular complexity index is 1100. The Morgan fingerprint density at radius 1 is 1.13 bits per heavy atom. The van der Waals surface area contributed by atoms with Crippen LogP contribution in [-0.4, -0.2) is 40.3 Å². The second-order valence-corrected chi connectivity index (χ2v) is 7.66. The van der Waals surface area contributed by atoms with E-state index in [9.17, 15) is 14.4 Å². The Morgan fingerprint density at radius 3 is 2.73 bits per heavy atom. The normalized spacial score (nSPS) is 16.2. The van der Waals surface area contributed by atoms with E-state index < -0.39 is 12.1 Å². The fraction of sp³-hybridized carbons (Fsp3) is 0.227. The van der Waals surface area contributed by atoms with Crippen LogP contribution in [0.4, 0.5) is 4.79 Å². The van der Waals surface area contributed by atoms with E-state index in [1.165, 1.54) is 0 Å². The lowest BCUT2D eigenvalue weighted by Gasteiger charge is -2.13. The number of imide groups is 1. The molecule has 1 aromatic heterocycles. The maximum Gasteiger partial charge on any atom is 0.325 e. The molecule has 0 aliphatic carbocycles. The molecule has 1 fully saturated rings. The Morgan fingerprint density at radius 2 is 1.93 bits per heavy atom. The summed E-state index contributed by atoms with van der Waals surface area (Å²) in [4.78, 5) is 41.3. The average molecular weight is 425 g/mol. The number of nitrogens with one attached hydrogen (secondary N) is 3. The first-order valence-electron chi connectivity index (χ1n) is 9.69. The lowest BCUT2D eigenvalue weighted by Crippen LogP contribution is -2.37. The van der Waals surface area contributed by atoms with Gasteiger partial charge in [-0.05, 0) is 35.7 Å². The third-order valence-corrected chi connectivity index (χ3v) is 5.36. The summed E-state index contributed by atoms with van der Waals surface area (Å²) in [6.45, 7) is 0.605. The summed E-state index contributed by atoms with van der Waals surface area (Å²) in [6, 6.07) is 13.6. The SMILES string of the molecule is O=C(CC1NC(=O)N(Cc2ccccc2)C1=O)NCCc1c[nH]c2ccc(Cl)cc12. The summed E-state index contributed by atoms with van der Waals surface area (Å²) in [5.41, 5.74) is 2.88. The van der Waals surface area contributed by atoms with E-state index in [4.69, 9.17) is 11.6 Å². The van der Waals surface area contributed by atoms with E-state index in [1.54, 1.807) is 0 Å². The van der Waals surface area contributed by atoms with Crippen LogP contribution in [-0.2, 0) is 22.6 Å². The average Bonchev–Trinajstić information content (AvgIpc) is 3.24. The van der Waals surface area contributed by atoms with Crippen LogP contribution in [0.15, 0.2) is 54.7 Å². The number of aromatic amines is 1. The maximum atomic E-state index is 12.5. The molecule has 1 unspecified atom stereocenters. The topological polar surface area (TPSA) is 94.3 Å². The molecular formula is C22H21ClN4O3. The van der Waals surface area contributed by atoms with Crippen LogP contribution in [0, 0.1) is 0 Å². The Kier molecular flexibility index (Phi) is 5.72. The molecule has 4 amide bonds. The van der Waals surface area contributed by atoms with Crippen molar-refractivity contribution in [3.63, 3.8) is 0 Å². The minimum atomic E-state index is -0.840. The zero-order valence-electron chi connectivity index (χ0n) is 16.2. The second kappa shape index (κ2) is 8.59. The molecule has 0 saturated carbocycles. The van der Waals surface area contributed by atoms with Crippen molar-refractivity contribution in [1.29, 1.82) is 0 Å². The van der Waals surface area contributed by atoms with Gasteiger partial charge in [-0.2, -0.15) is 0 Å². The summed E-state index contributed by atoms with van der Waals surface area (Å²) < 4.78 is 0. The van der Waals surface area contributed by atoms with Crippen LogP contribution in [0.1, 0.15) is 17.5 Å². The summed E-state index contributed by atoms with van der Waals surface area (Å²) in [5, 5.41) is 7.09. The van der Waals surface area contributed by atoms with Gasteiger partial charge in [0.15, 0.2) is 0 Å². The van der Waals surface area contributed by atoms with Crippen molar-refractivity contribution in [2.24, 2.45) is 0 Å². The maximum absolute atomic E-state index is 12.5. The monoisotopic (exact) mass is 424 g/mol. The van der Waals surface area contributed by atoms with Gasteiger partial charge >= 0.3 is 6.03 Å². The van der Waals surface area contributed by atoms with Crippen molar-refractivity contribution in [2.75, 3.05) is 6.54 Å². The lowest BCUT2D eigenvalue weighted by atomic mass is 10.1. The van der Waals surface area contributed by atoms with Gasteiger partial charge in [-0.3, -0.25) is 14.5 Å². The smallest absolute Gasteiger partial charge is 0.325 e. The molecule has 2 heterocycles. The quantitative estimate of drug-likeness (QED) is 0.509. The van der Waals surface area contributed by atoms with Gasteiger partial charge in [0.1, 0.15) is 6.04 Å². The molecule has 154 valence electrons. The number of halogens is 1. The number of hydrogen-bond donors (Lipinski definition) is 3. The molecule has 7 nitrogen and oxygen atoms in total. The van der Waals surface area contributed by atoms with Gasteiger partial charge in [-0.1, -0.05) is 41.9 Å². The predicted octanol–water partition coefficient (Wildman–Crippen LogP) is 2.99. The number of nitrogens with zero attached hydrogens (tertiary/aromatic N) is 1. The highest BCUT2D eigenvalue weighted by molar-refractivity contribution is 6.31. The molecule has 3 aromatic rings. The molecule has 4 rings (SSSR count). The minimum Gasteiger partial charge on any atom is -0.361 e. The van der Waals surface area contributed by atoms with Crippen molar-refractivity contribution >= 4 is 40.3 Å². The summed E-state index contributed by atoms with van der Waals surface area (Å²) in [7, 11) is 0. The number of hydrogen-bond acceptors (Lipinski definition) is 3. The second-order valence-electron chi connectivity index (χ2n) is 7.22. The van der Waals surface area contributed by atoms with Crippen molar-refractivity contribution in [3.8, 4) is 0 Å². The van der Waals surface area contributed by atoms with Gasteiger partial charge in [0.05, 0.1) is 13.0 Å². The molecule has 8 heteroatoms. The third kappa shape index (κ3) is 4.31. The highest BCUT2D eigenvalue weighted by Crippen LogP contribution is 2.22. The number of aromatic nitrogens is 1. The van der Waals surface area contributed by atoms with Crippen LogP contribution < -0.4 is 10.6 Å². The van der Waals surface area contributed by atoms with Crippen molar-refractivity contribution in [1.82, 2.24) is 20.5 Å². The predicted molar refractivity (Wildman–Crippen MR) is 114 cm³/mol. The van der Waals surface area contributed by atoms with Gasteiger partial charge in [-0.25, -0.2) is 4.79 Å². The lowest BCUT2D eigenvalue weighted by molar-refractivity contribution is -0.131. The Balaban J connectivity index is 1.29. The van der Waals surface area contributed by atoms with Gasteiger partial charge in [-0.15, -0.1) is 0 Å². The van der Waals surface area contributed by atoms with Crippen LogP contribution in [0.3, 0.4) is 0 Å². The Labute approximate surface area is 178 Å². The van der Waals surface area contributed by atoms with Crippen molar-refractivity contribution < 1.29 is 14.4 Å². The number of carbonyl (C=O) groups excluding carboxylic acids is 3. The number of benzene rings is 2. The van der Waals surface area contributed by atoms with Crippen molar-refractivity contribution in [2.45, 2.75) is 25.4 Å². The van der Waals surface area contributed by atoms with E-state index in [-0.39, 0.29) is 24.8 Å². The molecule has 0 spiro atoms. The van der Waals surface area contributed by atoms with Crippen LogP contribution >= 0.6 is 11.6 Å². The number of carbonyl (C=O) groups is 3. The summed E-state index contributed by atoms with van der Waals surface area (Å²) >= 11 is 6.06. The number of amides is 4. The molecule has 2 aromatic carbocycles. The highest BCUT2D eigenvalue weighted by Gasteiger charge is 2.38. The molecule has 1 saturated heterocycles. The van der Waals surface area contributed by atoms with Crippen molar-refractivity contribution in [3.05, 3.63) is 70.9 Å². The number of rotatable bonds is 7. The molecule has 1 aliphatic rings. The zero-order valence-corrected chi connectivity index (χ0v) is 16.9. The van der Waals surface area contributed by atoms with E-state index in [1.807, 2.05) is 54.7 Å². The zero-order chi connectivity index (χ0) is 21.1. The number of H-pyrrole nitrogens is 1. The first kappa shape index (κ1) is 20.0. The fourth-order valence-electron chi connectivity index (χ4n) is 3.58. The minimum absolute atomic E-state index is 0.0877. The van der Waals surface area contributed by atoms with Crippen LogP contribution in [0.2, 0.25) is 5.02 Å². The molecule has 30 heavy (non-hydrogen) atoms. The third-order valence-electron chi connectivity index (χ3n) is 5.13. The molecule has 1 aliphatic heterocycles. The standard InChI is InChI=1S/C22H21ClN4O3/c23-16-6-7-18-17(10-16)15(12-25-18)8-9-24-20(28)11-19-21(29)27(22(30)26-19)13-14-4-2-1-3-5-14/h1-7,10,12,19,25H,8-9,11,13H2,(H,24,28)(H,26,30). The fourth-order valence-corrected chi connectivity index (χ4v) is 3.75. The molecule has 0 bridgehead atoms. The molecule has 1 atom stereocenters. The molecule has 3 N–H and O–H groups in total. The highest BCUT2D eigenvalue weighted by atomic mass is 35.5. The van der Waals surface area contributed by atoms with Gasteiger partial charge < -0.3 is 15.6 Å². The summed E-state index contributed by atoms with van der Waals surface area (Å²) in [5.74, 6) is -0.668. The van der Waals surface area contributed by atoms with Crippen LogP contribution in [0.5, 0.6) is 0 Å². The summed E-state index contributed by atoms with van der Waals surface area (Å²) in [6.07, 6.45) is 2.43. The van der Waals surface area contributed by atoms with Gasteiger partial charge in [0.2, 0.25) is 5.91 Å². The van der Waals surface area contributed by atoms with E-state index in [0.29, 0.717) is 18.0 Å². The Hall–Kier alpha value is -3.32. The largest absolute Gasteiger partial charge is 0.361 e. The first-order valence-corrected chi connectivity index (χ1v) is 10.1. The molecular weight excluding hydrogens is 404 g/mol. The molecule has 0 radical (unpaired) electrons. The van der Waals surface area contributed by atoms with E-state index >= 15 is 0 Å². The number of urea groups is 1. The van der Waals surface area contributed by atoms with Crippen LogP contribution in [0.25, 0.3) is 10.9 Å². The number of fused-ring (bicyclic) bond motifs is 1. The van der Waals surface area contributed by atoms with Gasteiger partial charge in [0.25, 0.3) is 5.91 Å². The van der Waals surface area contributed by atoms with E-state index in [0.717, 1.165) is 26.9 Å². The van der Waals surface area contributed by atoms with E-state index in [2.05, 4.69) is 15.6 Å². The first-order chi connectivity index (χ1) is 14.5.